The maximum absolute atomic E-state index is 12.8. The van der Waals surface area contributed by atoms with Gasteiger partial charge in [-0.25, -0.2) is 4.98 Å². The molecule has 2 heterocycles. The number of aromatic nitrogens is 1. The largest absolute Gasteiger partial charge is 0.488 e. The molecule has 7 heteroatoms. The minimum Gasteiger partial charge on any atom is -0.488 e. The smallest absolute Gasteiger partial charge is 0.255 e. The zero-order valence-electron chi connectivity index (χ0n) is 18.1. The number of piperazine rings is 1. The molecule has 6 nitrogen and oxygen atoms in total. The number of hydrogen-bond donors (Lipinski definition) is 1. The molecule has 1 aliphatic heterocycles. The average Bonchev–Trinajstić information content (AvgIpc) is 2.83. The molecule has 1 saturated heterocycles. The van der Waals surface area contributed by atoms with Crippen molar-refractivity contribution >= 4 is 23.3 Å². The molecule has 0 spiro atoms. The summed E-state index contributed by atoms with van der Waals surface area (Å²) in [4.78, 5) is 22.0. The first kappa shape index (κ1) is 22.1. The molecule has 1 amide bonds. The molecule has 0 aliphatic carbocycles. The number of hydrogen-bond acceptors (Lipinski definition) is 5. The van der Waals surface area contributed by atoms with E-state index in [2.05, 4.69) is 27.1 Å². The molecule has 1 N–H and O–H groups in total. The van der Waals surface area contributed by atoms with Crippen molar-refractivity contribution in [2.75, 3.05) is 38.1 Å². The van der Waals surface area contributed by atoms with Crippen LogP contribution in [0.25, 0.3) is 0 Å². The quantitative estimate of drug-likeness (QED) is 0.589. The van der Waals surface area contributed by atoms with E-state index >= 15 is 0 Å². The summed E-state index contributed by atoms with van der Waals surface area (Å²) in [7, 11) is 2.14. The lowest BCUT2D eigenvalue weighted by Gasteiger charge is -2.33. The maximum Gasteiger partial charge on any atom is 0.255 e. The molecule has 1 fully saturated rings. The van der Waals surface area contributed by atoms with Crippen molar-refractivity contribution in [2.45, 2.75) is 13.2 Å². The van der Waals surface area contributed by atoms with E-state index in [9.17, 15) is 4.79 Å². The molecule has 4 rings (SSSR count). The third-order valence-electron chi connectivity index (χ3n) is 5.56. The molecule has 1 aromatic heterocycles. The van der Waals surface area contributed by atoms with E-state index in [1.807, 2.05) is 54.7 Å². The first-order valence-corrected chi connectivity index (χ1v) is 11.1. The molecular weight excluding hydrogens is 424 g/mol. The Morgan fingerprint density at radius 2 is 1.78 bits per heavy atom. The van der Waals surface area contributed by atoms with E-state index in [-0.39, 0.29) is 5.91 Å². The lowest BCUT2D eigenvalue weighted by Crippen LogP contribution is -2.44. The van der Waals surface area contributed by atoms with Crippen LogP contribution in [0.1, 0.15) is 21.5 Å². The summed E-state index contributed by atoms with van der Waals surface area (Å²) in [5.41, 5.74) is 2.31. The topological polar surface area (TPSA) is 57.7 Å². The first-order chi connectivity index (χ1) is 15.6. The number of anilines is 1. The minimum absolute atomic E-state index is 0.192. The Balaban J connectivity index is 1.34. The predicted molar refractivity (Wildman–Crippen MR) is 127 cm³/mol. The lowest BCUT2D eigenvalue weighted by molar-refractivity contribution is 0.0946. The molecule has 0 unspecified atom stereocenters. The minimum atomic E-state index is -0.192. The predicted octanol–water partition coefficient (Wildman–Crippen LogP) is 4.00. The highest BCUT2D eigenvalue weighted by Gasteiger charge is 2.16. The zero-order chi connectivity index (χ0) is 22.3. The van der Waals surface area contributed by atoms with Gasteiger partial charge in [-0.3, -0.25) is 4.79 Å². The Morgan fingerprint density at radius 3 is 2.53 bits per heavy atom. The molecule has 3 aromatic rings. The highest BCUT2D eigenvalue weighted by atomic mass is 35.5. The highest BCUT2D eigenvalue weighted by Crippen LogP contribution is 2.22. The van der Waals surface area contributed by atoms with Gasteiger partial charge < -0.3 is 19.9 Å². The number of carbonyl (C=O) groups is 1. The van der Waals surface area contributed by atoms with Crippen LogP contribution in [0.5, 0.6) is 5.75 Å². The third-order valence-corrected chi connectivity index (χ3v) is 5.93. The van der Waals surface area contributed by atoms with Gasteiger partial charge in [0.1, 0.15) is 18.2 Å². The van der Waals surface area contributed by atoms with Crippen LogP contribution in [-0.4, -0.2) is 49.0 Å². The van der Waals surface area contributed by atoms with Crippen molar-refractivity contribution in [1.29, 1.82) is 0 Å². The average molecular weight is 451 g/mol. The van der Waals surface area contributed by atoms with Crippen molar-refractivity contribution < 1.29 is 9.53 Å². The van der Waals surface area contributed by atoms with Gasteiger partial charge >= 0.3 is 0 Å². The number of likely N-dealkylation sites (N-methyl/N-ethyl adjacent to an activating group) is 1. The van der Waals surface area contributed by atoms with Crippen LogP contribution in [0.2, 0.25) is 5.02 Å². The molecule has 32 heavy (non-hydrogen) atoms. The number of rotatable bonds is 7. The van der Waals surface area contributed by atoms with Crippen LogP contribution < -0.4 is 15.0 Å². The van der Waals surface area contributed by atoms with Gasteiger partial charge in [-0.15, -0.1) is 0 Å². The van der Waals surface area contributed by atoms with E-state index in [1.54, 1.807) is 12.1 Å². The van der Waals surface area contributed by atoms with Gasteiger partial charge in [-0.2, -0.15) is 0 Å². The summed E-state index contributed by atoms with van der Waals surface area (Å²) in [5, 5.41) is 3.61. The molecule has 0 bridgehead atoms. The number of nitrogens with one attached hydrogen (secondary N) is 1. The number of pyridine rings is 1. The lowest BCUT2D eigenvalue weighted by atomic mass is 10.1. The van der Waals surface area contributed by atoms with Crippen molar-refractivity contribution in [3.63, 3.8) is 0 Å². The molecule has 1 aliphatic rings. The summed E-state index contributed by atoms with van der Waals surface area (Å²) >= 11 is 6.21. The van der Waals surface area contributed by atoms with Gasteiger partial charge in [0.25, 0.3) is 5.91 Å². The second-order valence-electron chi connectivity index (χ2n) is 7.87. The Bertz CT molecular complexity index is 1050. The third kappa shape index (κ3) is 5.58. The summed E-state index contributed by atoms with van der Waals surface area (Å²) in [5.74, 6) is 1.31. The zero-order valence-corrected chi connectivity index (χ0v) is 18.9. The number of carbonyl (C=O) groups excluding carboxylic acids is 1. The normalized spacial score (nSPS) is 14.2. The molecule has 0 atom stereocenters. The van der Waals surface area contributed by atoms with E-state index in [0.29, 0.717) is 29.5 Å². The van der Waals surface area contributed by atoms with Gasteiger partial charge in [0, 0.05) is 49.5 Å². The Hall–Kier alpha value is -3.09. The first-order valence-electron chi connectivity index (χ1n) is 10.7. The van der Waals surface area contributed by atoms with E-state index in [4.69, 9.17) is 16.3 Å². The van der Waals surface area contributed by atoms with Crippen LogP contribution in [-0.2, 0) is 13.2 Å². The molecule has 166 valence electrons. The van der Waals surface area contributed by atoms with Crippen LogP contribution in [0.15, 0.2) is 66.9 Å². The van der Waals surface area contributed by atoms with Crippen LogP contribution >= 0.6 is 11.6 Å². The Morgan fingerprint density at radius 1 is 1.03 bits per heavy atom. The molecular formula is C25H27ClN4O2. The van der Waals surface area contributed by atoms with Crippen LogP contribution in [0, 0.1) is 0 Å². The van der Waals surface area contributed by atoms with E-state index in [0.717, 1.165) is 43.1 Å². The SMILES string of the molecule is CN1CCN(c2ccc(CNC(=O)c3ccccc3OCc3ccccc3Cl)cn2)CC1. The van der Waals surface area contributed by atoms with Crippen molar-refractivity contribution in [2.24, 2.45) is 0 Å². The molecule has 0 saturated carbocycles. The van der Waals surface area contributed by atoms with Gasteiger partial charge in [0.2, 0.25) is 0 Å². The number of nitrogens with zero attached hydrogens (tertiary/aromatic N) is 3. The molecule has 0 radical (unpaired) electrons. The summed E-state index contributed by atoms with van der Waals surface area (Å²) in [6.07, 6.45) is 1.83. The number of ether oxygens (including phenoxy) is 1. The van der Waals surface area contributed by atoms with Crippen molar-refractivity contribution in [1.82, 2.24) is 15.2 Å². The van der Waals surface area contributed by atoms with E-state index < -0.39 is 0 Å². The van der Waals surface area contributed by atoms with E-state index in [1.165, 1.54) is 0 Å². The second kappa shape index (κ2) is 10.5. The fourth-order valence-electron chi connectivity index (χ4n) is 3.57. The summed E-state index contributed by atoms with van der Waals surface area (Å²) < 4.78 is 5.90. The Labute approximate surface area is 193 Å². The monoisotopic (exact) mass is 450 g/mol. The maximum atomic E-state index is 12.8. The van der Waals surface area contributed by atoms with Gasteiger partial charge in [-0.1, -0.05) is 48.0 Å². The van der Waals surface area contributed by atoms with Gasteiger partial charge in [0.15, 0.2) is 0 Å². The van der Waals surface area contributed by atoms with Gasteiger partial charge in [0.05, 0.1) is 5.56 Å². The number of benzene rings is 2. The van der Waals surface area contributed by atoms with Crippen molar-refractivity contribution in [3.05, 3.63) is 88.6 Å². The van der Waals surface area contributed by atoms with Crippen LogP contribution in [0.4, 0.5) is 5.82 Å². The number of amides is 1. The highest BCUT2D eigenvalue weighted by molar-refractivity contribution is 6.31. The summed E-state index contributed by atoms with van der Waals surface area (Å²) in [6, 6.07) is 18.8. The van der Waals surface area contributed by atoms with Gasteiger partial charge in [-0.05, 0) is 36.9 Å². The fraction of sp³-hybridized carbons (Fsp3) is 0.280. The number of para-hydroxylation sites is 1. The standard InChI is InChI=1S/C25H27ClN4O2/c1-29-12-14-30(15-13-29)24-11-10-19(16-27-24)17-28-25(31)21-7-3-5-9-23(21)32-18-20-6-2-4-8-22(20)26/h2-11,16H,12-15,17-18H2,1H3,(H,28,31). The van der Waals surface area contributed by atoms with Crippen molar-refractivity contribution in [3.8, 4) is 5.75 Å². The fourth-order valence-corrected chi connectivity index (χ4v) is 3.76. The Kier molecular flexibility index (Phi) is 7.24. The number of halogens is 1. The van der Waals surface area contributed by atoms with Crippen LogP contribution in [0.3, 0.4) is 0 Å². The molecule has 2 aromatic carbocycles. The summed E-state index contributed by atoms with van der Waals surface area (Å²) in [6.45, 7) is 4.72. The second-order valence-corrected chi connectivity index (χ2v) is 8.28.